The summed E-state index contributed by atoms with van der Waals surface area (Å²) in [4.78, 5) is 14.2. The Hall–Kier alpha value is -0.490. The van der Waals surface area contributed by atoms with Gasteiger partial charge in [0.1, 0.15) is 6.10 Å². The summed E-state index contributed by atoms with van der Waals surface area (Å²) < 4.78 is 39.0. The molecule has 3 aliphatic rings. The zero-order chi connectivity index (χ0) is 17.2. The van der Waals surface area contributed by atoms with Crippen molar-refractivity contribution < 1.29 is 22.7 Å². The van der Waals surface area contributed by atoms with Gasteiger partial charge in [-0.2, -0.15) is 17.0 Å². The third kappa shape index (κ3) is 4.62. The van der Waals surface area contributed by atoms with E-state index in [9.17, 15) is 13.2 Å². The number of carbonyl (C=O) groups excluding carboxylic acids is 1. The van der Waals surface area contributed by atoms with Crippen LogP contribution in [0.25, 0.3) is 0 Å². The molecule has 0 aliphatic carbocycles. The number of piperazine rings is 1. The van der Waals surface area contributed by atoms with Gasteiger partial charge in [0.25, 0.3) is 16.1 Å². The van der Waals surface area contributed by atoms with Crippen molar-refractivity contribution in [1.29, 1.82) is 0 Å². The molecule has 9 nitrogen and oxygen atoms in total. The Morgan fingerprint density at radius 2 is 1.60 bits per heavy atom. The predicted molar refractivity (Wildman–Crippen MR) is 93.7 cm³/mol. The highest BCUT2D eigenvalue weighted by Gasteiger charge is 2.37. The maximum Gasteiger partial charge on any atom is 0.282 e. The van der Waals surface area contributed by atoms with Crippen LogP contribution in [-0.4, -0.2) is 99.1 Å². The van der Waals surface area contributed by atoms with Crippen molar-refractivity contribution in [3.8, 4) is 0 Å². The van der Waals surface area contributed by atoms with Crippen molar-refractivity contribution in [3.63, 3.8) is 0 Å². The van der Waals surface area contributed by atoms with Gasteiger partial charge in [0, 0.05) is 45.8 Å². The Bertz CT molecular complexity index is 549. The van der Waals surface area contributed by atoms with E-state index in [1.807, 2.05) is 0 Å². The summed E-state index contributed by atoms with van der Waals surface area (Å²) in [6.07, 6.45) is 1.02. The normalized spacial score (nSPS) is 29.4. The minimum Gasteiger partial charge on any atom is -0.379 e. The molecule has 3 aliphatic heterocycles. The Kier molecular flexibility index (Phi) is 7.44. The van der Waals surface area contributed by atoms with Gasteiger partial charge in [0.15, 0.2) is 0 Å². The average Bonchev–Trinajstić information content (AvgIpc) is 3.11. The molecule has 0 aromatic carbocycles. The highest BCUT2D eigenvalue weighted by atomic mass is 35.5. The van der Waals surface area contributed by atoms with Gasteiger partial charge in [0.2, 0.25) is 0 Å². The van der Waals surface area contributed by atoms with Gasteiger partial charge in [-0.3, -0.25) is 4.79 Å². The summed E-state index contributed by atoms with van der Waals surface area (Å²) in [6.45, 7) is 3.49. The van der Waals surface area contributed by atoms with Crippen molar-refractivity contribution in [2.45, 2.75) is 25.0 Å². The summed E-state index contributed by atoms with van der Waals surface area (Å²) in [5.74, 6) is -0.0469. The average molecular weight is 399 g/mol. The molecule has 0 bridgehead atoms. The van der Waals surface area contributed by atoms with E-state index in [2.05, 4.69) is 0 Å². The van der Waals surface area contributed by atoms with E-state index in [1.165, 1.54) is 8.61 Å². The van der Waals surface area contributed by atoms with Crippen LogP contribution in [0.4, 0.5) is 0 Å². The zero-order valence-electron chi connectivity index (χ0n) is 14.2. The number of nitrogens with two attached hydrogens (primary N) is 1. The lowest BCUT2D eigenvalue weighted by Gasteiger charge is -2.38. The van der Waals surface area contributed by atoms with Crippen LogP contribution in [0.5, 0.6) is 0 Å². The Morgan fingerprint density at radius 1 is 1.00 bits per heavy atom. The number of amides is 1. The molecule has 2 atom stereocenters. The molecule has 146 valence electrons. The van der Waals surface area contributed by atoms with Crippen molar-refractivity contribution in [2.75, 3.05) is 59.0 Å². The molecule has 1 amide bonds. The topological polar surface area (TPSA) is 105 Å². The van der Waals surface area contributed by atoms with Gasteiger partial charge < -0.3 is 20.1 Å². The summed E-state index contributed by atoms with van der Waals surface area (Å²) in [6, 6.07) is 0. The van der Waals surface area contributed by atoms with Crippen LogP contribution in [0.3, 0.4) is 0 Å². The van der Waals surface area contributed by atoms with E-state index in [-0.39, 0.29) is 24.4 Å². The third-order valence-electron chi connectivity index (χ3n) is 4.82. The second-order valence-electron chi connectivity index (χ2n) is 6.30. The molecule has 3 heterocycles. The van der Waals surface area contributed by atoms with Gasteiger partial charge in [-0.05, 0) is 12.8 Å². The second kappa shape index (κ2) is 8.94. The highest BCUT2D eigenvalue weighted by molar-refractivity contribution is 7.86. The number of carbonyl (C=O) groups is 1. The van der Waals surface area contributed by atoms with Gasteiger partial charge in [-0.25, -0.2) is 0 Å². The van der Waals surface area contributed by atoms with Crippen molar-refractivity contribution >= 4 is 28.5 Å². The minimum absolute atomic E-state index is 0. The molecular formula is C14H27ClN4O5S. The number of morpholine rings is 1. The van der Waals surface area contributed by atoms with Crippen LogP contribution >= 0.6 is 12.4 Å². The largest absolute Gasteiger partial charge is 0.379 e. The zero-order valence-corrected chi connectivity index (χ0v) is 15.8. The molecule has 0 spiro atoms. The molecule has 25 heavy (non-hydrogen) atoms. The van der Waals surface area contributed by atoms with E-state index in [1.54, 1.807) is 4.90 Å². The minimum atomic E-state index is -3.47. The number of rotatable bonds is 4. The standard InChI is InChI=1S/C14H26N4O5S.ClH/c15-11-12-1-2-13(23-12)14(19)16-3-5-17(6-4-16)24(20,21)18-7-9-22-10-8-18;/h12-13H,1-11,15H2;1H/t12-,13+;/m1./s1. The van der Waals surface area contributed by atoms with Gasteiger partial charge >= 0.3 is 0 Å². The predicted octanol–water partition coefficient (Wildman–Crippen LogP) is -1.36. The van der Waals surface area contributed by atoms with Crippen LogP contribution in [0.15, 0.2) is 0 Å². The highest BCUT2D eigenvalue weighted by Crippen LogP contribution is 2.22. The first kappa shape index (κ1) is 20.8. The molecule has 3 rings (SSSR count). The summed E-state index contributed by atoms with van der Waals surface area (Å²) >= 11 is 0. The lowest BCUT2D eigenvalue weighted by Crippen LogP contribution is -2.56. The third-order valence-corrected chi connectivity index (χ3v) is 6.85. The van der Waals surface area contributed by atoms with Crippen LogP contribution in [0.1, 0.15) is 12.8 Å². The summed E-state index contributed by atoms with van der Waals surface area (Å²) in [5.41, 5.74) is 5.57. The van der Waals surface area contributed by atoms with E-state index >= 15 is 0 Å². The number of nitrogens with zero attached hydrogens (tertiary/aromatic N) is 3. The van der Waals surface area contributed by atoms with Crippen molar-refractivity contribution in [2.24, 2.45) is 5.73 Å². The monoisotopic (exact) mass is 398 g/mol. The number of ether oxygens (including phenoxy) is 2. The maximum absolute atomic E-state index is 12.6. The van der Waals surface area contributed by atoms with E-state index < -0.39 is 16.3 Å². The number of halogens is 1. The van der Waals surface area contributed by atoms with Gasteiger partial charge in [-0.1, -0.05) is 0 Å². The number of hydrogen-bond acceptors (Lipinski definition) is 6. The maximum atomic E-state index is 12.6. The molecule has 0 aromatic heterocycles. The number of hydrogen-bond donors (Lipinski definition) is 1. The first-order valence-corrected chi connectivity index (χ1v) is 9.89. The fourth-order valence-corrected chi connectivity index (χ4v) is 4.91. The molecule has 0 radical (unpaired) electrons. The van der Waals surface area contributed by atoms with E-state index in [0.29, 0.717) is 65.4 Å². The Morgan fingerprint density at radius 3 is 2.16 bits per heavy atom. The van der Waals surface area contributed by atoms with Crippen molar-refractivity contribution in [3.05, 3.63) is 0 Å². The first-order chi connectivity index (χ1) is 11.5. The van der Waals surface area contributed by atoms with Gasteiger partial charge in [-0.15, -0.1) is 12.4 Å². The lowest BCUT2D eigenvalue weighted by molar-refractivity contribution is -0.144. The molecular weight excluding hydrogens is 372 g/mol. The van der Waals surface area contributed by atoms with Crippen LogP contribution in [-0.2, 0) is 24.5 Å². The smallest absolute Gasteiger partial charge is 0.282 e. The van der Waals surface area contributed by atoms with E-state index in [4.69, 9.17) is 15.2 Å². The fourth-order valence-electron chi connectivity index (χ4n) is 3.34. The van der Waals surface area contributed by atoms with E-state index in [0.717, 1.165) is 6.42 Å². The molecule has 0 saturated carbocycles. The Balaban J connectivity index is 0.00000225. The van der Waals surface area contributed by atoms with Crippen LogP contribution in [0, 0.1) is 0 Å². The SMILES string of the molecule is Cl.NC[C@H]1CC[C@@H](C(=O)N2CCN(S(=O)(=O)N3CCOCC3)CC2)O1. The van der Waals surface area contributed by atoms with Gasteiger partial charge in [0.05, 0.1) is 19.3 Å². The second-order valence-corrected chi connectivity index (χ2v) is 8.23. The molecule has 3 saturated heterocycles. The Labute approximate surface area is 155 Å². The lowest BCUT2D eigenvalue weighted by atomic mass is 10.1. The summed E-state index contributed by atoms with van der Waals surface area (Å²) in [7, 11) is -3.47. The summed E-state index contributed by atoms with van der Waals surface area (Å²) in [5, 5.41) is 0. The van der Waals surface area contributed by atoms with Crippen LogP contribution in [0.2, 0.25) is 0 Å². The molecule has 0 unspecified atom stereocenters. The first-order valence-electron chi connectivity index (χ1n) is 8.49. The molecule has 3 fully saturated rings. The molecule has 11 heteroatoms. The van der Waals surface area contributed by atoms with Crippen molar-refractivity contribution in [1.82, 2.24) is 13.5 Å². The molecule has 2 N–H and O–H groups in total. The molecule has 0 aromatic rings. The quantitative estimate of drug-likeness (QED) is 0.626. The van der Waals surface area contributed by atoms with Crippen LogP contribution < -0.4 is 5.73 Å². The fraction of sp³-hybridized carbons (Fsp3) is 0.929.